The van der Waals surface area contributed by atoms with Crippen molar-refractivity contribution in [2.75, 3.05) is 13.1 Å². The summed E-state index contributed by atoms with van der Waals surface area (Å²) in [7, 11) is 1.62. The number of piperidine rings is 1. The number of aromatic nitrogens is 3. The minimum Gasteiger partial charge on any atom is -0.317 e. The van der Waals surface area contributed by atoms with E-state index in [1.165, 1.54) is 4.57 Å². The van der Waals surface area contributed by atoms with Crippen LogP contribution in [0, 0.1) is 6.92 Å². The molecule has 7 heteroatoms. The first kappa shape index (κ1) is 15.7. The first-order chi connectivity index (χ1) is 9.59. The third kappa shape index (κ3) is 2.61. The van der Waals surface area contributed by atoms with Crippen molar-refractivity contribution in [1.29, 1.82) is 0 Å². The summed E-state index contributed by atoms with van der Waals surface area (Å²) < 4.78 is 2.99. The summed E-state index contributed by atoms with van der Waals surface area (Å²) in [5.41, 5.74) is 1.22. The molecule has 0 amide bonds. The van der Waals surface area contributed by atoms with Gasteiger partial charge in [0.15, 0.2) is 5.65 Å². The van der Waals surface area contributed by atoms with Crippen molar-refractivity contribution < 1.29 is 0 Å². The minimum atomic E-state index is -0.485. The second kappa shape index (κ2) is 5.99. The first-order valence-electron chi connectivity index (χ1n) is 6.89. The van der Waals surface area contributed by atoms with Crippen molar-refractivity contribution in [2.45, 2.75) is 25.8 Å². The monoisotopic (exact) mass is 310 g/mol. The molecule has 2 aromatic heterocycles. The van der Waals surface area contributed by atoms with E-state index in [2.05, 4.69) is 10.3 Å². The van der Waals surface area contributed by atoms with Crippen molar-refractivity contribution in [1.82, 2.24) is 19.4 Å². The van der Waals surface area contributed by atoms with Crippen molar-refractivity contribution in [3.05, 3.63) is 38.5 Å². The molecule has 1 aliphatic heterocycles. The molecule has 0 bridgehead atoms. The highest BCUT2D eigenvalue weighted by molar-refractivity contribution is 5.85. The van der Waals surface area contributed by atoms with Crippen molar-refractivity contribution >= 4 is 23.6 Å². The van der Waals surface area contributed by atoms with Gasteiger partial charge in [0.25, 0.3) is 0 Å². The van der Waals surface area contributed by atoms with Crippen LogP contribution in [0.1, 0.15) is 24.6 Å². The molecule has 1 N–H and O–H groups in total. The summed E-state index contributed by atoms with van der Waals surface area (Å²) >= 11 is 0. The van der Waals surface area contributed by atoms with Crippen LogP contribution in [0.3, 0.4) is 0 Å². The summed E-state index contributed by atoms with van der Waals surface area (Å²) in [4.78, 5) is 29.0. The number of hydrogen-bond acceptors (Lipinski definition) is 4. The van der Waals surface area contributed by atoms with Crippen molar-refractivity contribution in [3.8, 4) is 0 Å². The number of rotatable bonds is 1. The van der Waals surface area contributed by atoms with Crippen LogP contribution in [-0.4, -0.2) is 27.2 Å². The lowest BCUT2D eigenvalue weighted by Gasteiger charge is -2.25. The molecule has 1 saturated heterocycles. The Bertz CT molecular complexity index is 775. The highest BCUT2D eigenvalue weighted by Crippen LogP contribution is 2.20. The normalized spacial score (nSPS) is 15.9. The number of nitrogens with zero attached hydrogens (tertiary/aromatic N) is 3. The fourth-order valence-corrected chi connectivity index (χ4v) is 2.83. The lowest BCUT2D eigenvalue weighted by molar-refractivity contribution is 0.365. The van der Waals surface area contributed by atoms with E-state index in [1.54, 1.807) is 11.6 Å². The molecule has 0 aromatic carbocycles. The van der Waals surface area contributed by atoms with Gasteiger partial charge in [0.1, 0.15) is 0 Å². The fourth-order valence-electron chi connectivity index (χ4n) is 2.83. The molecule has 0 spiro atoms. The Morgan fingerprint density at radius 1 is 1.19 bits per heavy atom. The second-order valence-corrected chi connectivity index (χ2v) is 5.32. The maximum absolute atomic E-state index is 12.4. The Hall–Kier alpha value is -1.66. The van der Waals surface area contributed by atoms with E-state index in [0.717, 1.165) is 31.6 Å². The van der Waals surface area contributed by atoms with Gasteiger partial charge < -0.3 is 9.88 Å². The van der Waals surface area contributed by atoms with Crippen LogP contribution in [0.2, 0.25) is 0 Å². The Balaban J connectivity index is 0.00000161. The lowest BCUT2D eigenvalue weighted by Crippen LogP contribution is -2.44. The van der Waals surface area contributed by atoms with E-state index < -0.39 is 11.1 Å². The number of nitrogens with one attached hydrogen (secondary N) is 1. The molecule has 0 radical (unpaired) electrons. The topological polar surface area (TPSA) is 68.9 Å². The zero-order valence-electron chi connectivity index (χ0n) is 12.1. The number of fused-ring (bicyclic) bond motifs is 1. The minimum absolute atomic E-state index is 0. The molecular weight excluding hydrogens is 292 g/mol. The number of aryl methyl sites for hydroxylation is 2. The molecule has 6 nitrogen and oxygen atoms in total. The first-order valence-corrected chi connectivity index (χ1v) is 6.89. The molecular formula is C14H19ClN4O2. The van der Waals surface area contributed by atoms with Gasteiger partial charge in [0.2, 0.25) is 0 Å². The molecule has 0 aliphatic carbocycles. The highest BCUT2D eigenvalue weighted by atomic mass is 35.5. The quantitative estimate of drug-likeness (QED) is 0.789. The molecule has 0 saturated carbocycles. The maximum atomic E-state index is 12.4. The molecule has 114 valence electrons. The third-order valence-electron chi connectivity index (χ3n) is 3.96. The summed E-state index contributed by atoms with van der Waals surface area (Å²) in [6.07, 6.45) is 1.69. The van der Waals surface area contributed by atoms with Crippen LogP contribution in [0.15, 0.2) is 21.7 Å². The fraction of sp³-hybridized carbons (Fsp3) is 0.500. The van der Waals surface area contributed by atoms with Crippen LogP contribution >= 0.6 is 12.4 Å². The van der Waals surface area contributed by atoms with Gasteiger partial charge in [-0.15, -0.1) is 12.4 Å². The van der Waals surface area contributed by atoms with Crippen molar-refractivity contribution in [3.63, 3.8) is 0 Å². The number of halogens is 1. The van der Waals surface area contributed by atoms with E-state index in [4.69, 9.17) is 0 Å². The highest BCUT2D eigenvalue weighted by Gasteiger charge is 2.21. The smallest absolute Gasteiger partial charge is 0.317 e. The average molecular weight is 311 g/mol. The van der Waals surface area contributed by atoms with Gasteiger partial charge in [-0.25, -0.2) is 4.98 Å². The van der Waals surface area contributed by atoms with Gasteiger partial charge in [0, 0.05) is 18.8 Å². The largest absolute Gasteiger partial charge is 0.318 e. The maximum Gasteiger partial charge on any atom is 0.318 e. The van der Waals surface area contributed by atoms with Gasteiger partial charge >= 0.3 is 11.1 Å². The van der Waals surface area contributed by atoms with Gasteiger partial charge in [-0.3, -0.25) is 14.2 Å². The molecule has 0 atom stereocenters. The summed E-state index contributed by atoms with van der Waals surface area (Å²) in [5, 5.41) is 3.27. The third-order valence-corrected chi connectivity index (χ3v) is 3.96. The second-order valence-electron chi connectivity index (χ2n) is 5.32. The van der Waals surface area contributed by atoms with Crippen LogP contribution in [0.4, 0.5) is 0 Å². The molecule has 1 fully saturated rings. The molecule has 1 aliphatic rings. The Morgan fingerprint density at radius 3 is 2.52 bits per heavy atom. The molecule has 2 aromatic rings. The van der Waals surface area contributed by atoms with Gasteiger partial charge in [-0.2, -0.15) is 0 Å². The summed E-state index contributed by atoms with van der Waals surface area (Å²) in [6, 6.07) is 3.77. The Labute approximate surface area is 128 Å². The SMILES string of the molecule is Cc1ccc2c(n1)n(C1CCNCC1)c(=O)c(=O)n2C.Cl. The van der Waals surface area contributed by atoms with Gasteiger partial charge in [-0.05, 0) is 45.0 Å². The molecule has 3 heterocycles. The number of hydrogen-bond donors (Lipinski definition) is 1. The Morgan fingerprint density at radius 2 is 1.86 bits per heavy atom. The zero-order valence-corrected chi connectivity index (χ0v) is 12.9. The molecule has 21 heavy (non-hydrogen) atoms. The average Bonchev–Trinajstić information content (AvgIpc) is 2.46. The van der Waals surface area contributed by atoms with Gasteiger partial charge in [0.05, 0.1) is 5.52 Å². The lowest BCUT2D eigenvalue weighted by atomic mass is 10.1. The van der Waals surface area contributed by atoms with E-state index in [9.17, 15) is 9.59 Å². The predicted octanol–water partition coefficient (Wildman–Crippen LogP) is 0.750. The molecule has 0 unspecified atom stereocenters. The van der Waals surface area contributed by atoms with Crippen LogP contribution < -0.4 is 16.4 Å². The van der Waals surface area contributed by atoms with E-state index in [0.29, 0.717) is 11.2 Å². The summed E-state index contributed by atoms with van der Waals surface area (Å²) in [5.74, 6) is 0. The predicted molar refractivity (Wildman–Crippen MR) is 84.4 cm³/mol. The van der Waals surface area contributed by atoms with Gasteiger partial charge in [-0.1, -0.05) is 0 Å². The summed E-state index contributed by atoms with van der Waals surface area (Å²) in [6.45, 7) is 3.61. The van der Waals surface area contributed by atoms with Crippen LogP contribution in [-0.2, 0) is 7.05 Å². The standard InChI is InChI=1S/C14H18N4O2.ClH/c1-9-3-4-11-12(16-9)18(10-5-7-15-8-6-10)14(20)13(19)17(11)2;/h3-4,10,15H,5-8H2,1-2H3;1H. The van der Waals surface area contributed by atoms with E-state index >= 15 is 0 Å². The Kier molecular flexibility index (Phi) is 4.49. The van der Waals surface area contributed by atoms with Crippen molar-refractivity contribution in [2.24, 2.45) is 7.05 Å². The van der Waals surface area contributed by atoms with Crippen LogP contribution in [0.5, 0.6) is 0 Å². The van der Waals surface area contributed by atoms with E-state index in [-0.39, 0.29) is 18.4 Å². The molecule has 3 rings (SSSR count). The van der Waals surface area contributed by atoms with Crippen LogP contribution in [0.25, 0.3) is 11.2 Å². The van der Waals surface area contributed by atoms with E-state index in [1.807, 2.05) is 19.1 Å². The zero-order chi connectivity index (χ0) is 14.3. The number of pyridine rings is 1.